The van der Waals surface area contributed by atoms with E-state index in [1.165, 1.54) is 0 Å². The van der Waals surface area contributed by atoms with Crippen LogP contribution in [-0.4, -0.2) is 37.0 Å². The van der Waals surface area contributed by atoms with Crippen LogP contribution in [0.15, 0.2) is 0 Å². The average Bonchev–Trinajstić information content (AvgIpc) is 2.43. The summed E-state index contributed by atoms with van der Waals surface area (Å²) < 4.78 is 0. The van der Waals surface area contributed by atoms with Crippen molar-refractivity contribution >= 4 is 5.91 Å². The predicted molar refractivity (Wildman–Crippen MR) is 52.1 cm³/mol. The summed E-state index contributed by atoms with van der Waals surface area (Å²) in [7, 11) is 1.84. The van der Waals surface area contributed by atoms with Crippen LogP contribution in [0.5, 0.6) is 0 Å². The molecular formula is C10H16N2O. The Kier molecular flexibility index (Phi) is 3.78. The van der Waals surface area contributed by atoms with Gasteiger partial charge < -0.3 is 10.2 Å². The van der Waals surface area contributed by atoms with Crippen LogP contribution < -0.4 is 5.32 Å². The maximum Gasteiger partial charge on any atom is 0.239 e. The van der Waals surface area contributed by atoms with Gasteiger partial charge in [0.2, 0.25) is 5.91 Å². The van der Waals surface area contributed by atoms with Crippen molar-refractivity contribution in [2.45, 2.75) is 25.3 Å². The van der Waals surface area contributed by atoms with Gasteiger partial charge in [-0.15, -0.1) is 12.3 Å². The molecule has 1 aliphatic heterocycles. The molecule has 1 rings (SSSR count). The smallest absolute Gasteiger partial charge is 0.239 e. The molecule has 1 saturated heterocycles. The molecule has 3 heteroatoms. The van der Waals surface area contributed by atoms with E-state index in [9.17, 15) is 4.79 Å². The van der Waals surface area contributed by atoms with E-state index in [1.54, 1.807) is 4.90 Å². The second-order valence-electron chi connectivity index (χ2n) is 3.36. The van der Waals surface area contributed by atoms with Gasteiger partial charge in [-0.05, 0) is 19.4 Å². The quantitative estimate of drug-likeness (QED) is 0.496. The number of nitrogens with zero attached hydrogens (tertiary/aromatic N) is 1. The number of carbonyl (C=O) groups is 1. The van der Waals surface area contributed by atoms with Crippen LogP contribution in [0.25, 0.3) is 0 Å². The summed E-state index contributed by atoms with van der Waals surface area (Å²) in [6, 6.07) is 0.0303. The lowest BCUT2D eigenvalue weighted by Gasteiger charge is -2.11. The van der Waals surface area contributed by atoms with Crippen LogP contribution in [0.1, 0.15) is 19.3 Å². The van der Waals surface area contributed by atoms with E-state index in [4.69, 9.17) is 6.42 Å². The van der Waals surface area contributed by atoms with Gasteiger partial charge in [0.25, 0.3) is 0 Å². The van der Waals surface area contributed by atoms with E-state index >= 15 is 0 Å². The first kappa shape index (κ1) is 10.1. The molecule has 0 aromatic heterocycles. The zero-order valence-electron chi connectivity index (χ0n) is 8.05. The molecule has 1 aliphatic rings. The number of unbranched alkanes of at least 4 members (excludes halogenated alkanes) is 1. The van der Waals surface area contributed by atoms with Crippen molar-refractivity contribution in [3.63, 3.8) is 0 Å². The molecule has 0 aromatic rings. The Morgan fingerprint density at radius 1 is 1.77 bits per heavy atom. The highest BCUT2D eigenvalue weighted by Gasteiger charge is 2.27. The van der Waals surface area contributed by atoms with Crippen LogP contribution in [-0.2, 0) is 4.79 Å². The minimum Gasteiger partial charge on any atom is -0.344 e. The fourth-order valence-corrected chi connectivity index (χ4v) is 1.48. The zero-order valence-corrected chi connectivity index (χ0v) is 8.05. The van der Waals surface area contributed by atoms with Crippen LogP contribution >= 0.6 is 0 Å². The van der Waals surface area contributed by atoms with Crippen molar-refractivity contribution in [1.29, 1.82) is 0 Å². The molecular weight excluding hydrogens is 164 g/mol. The van der Waals surface area contributed by atoms with Crippen molar-refractivity contribution in [2.75, 3.05) is 20.1 Å². The van der Waals surface area contributed by atoms with Crippen molar-refractivity contribution in [3.05, 3.63) is 0 Å². The fourth-order valence-electron chi connectivity index (χ4n) is 1.48. The maximum absolute atomic E-state index is 11.4. The summed E-state index contributed by atoms with van der Waals surface area (Å²) in [4.78, 5) is 13.2. The summed E-state index contributed by atoms with van der Waals surface area (Å²) in [6.45, 7) is 1.71. The molecule has 0 spiro atoms. The number of likely N-dealkylation sites (tertiary alicyclic amines) is 1. The Morgan fingerprint density at radius 2 is 2.54 bits per heavy atom. The Balaban J connectivity index is 2.16. The predicted octanol–water partition coefficient (Wildman–Crippen LogP) is 0.220. The number of hydrogen-bond donors (Lipinski definition) is 1. The van der Waals surface area contributed by atoms with Gasteiger partial charge in [0, 0.05) is 20.0 Å². The number of likely N-dealkylation sites (N-methyl/N-ethyl adjacent to an activating group) is 1. The lowest BCUT2D eigenvalue weighted by atomic mass is 10.2. The molecule has 3 nitrogen and oxygen atoms in total. The molecule has 1 atom stereocenters. The minimum atomic E-state index is 0.0303. The lowest BCUT2D eigenvalue weighted by molar-refractivity contribution is -0.128. The highest BCUT2D eigenvalue weighted by Crippen LogP contribution is 2.07. The van der Waals surface area contributed by atoms with Crippen molar-refractivity contribution in [3.8, 4) is 12.3 Å². The maximum atomic E-state index is 11.4. The second-order valence-corrected chi connectivity index (χ2v) is 3.36. The summed E-state index contributed by atoms with van der Waals surface area (Å²) in [5.41, 5.74) is 0. The van der Waals surface area contributed by atoms with Crippen LogP contribution in [0.3, 0.4) is 0 Å². The first-order valence-corrected chi connectivity index (χ1v) is 4.67. The van der Waals surface area contributed by atoms with Gasteiger partial charge >= 0.3 is 0 Å². The average molecular weight is 180 g/mol. The number of rotatable bonds is 4. The Labute approximate surface area is 79.5 Å². The summed E-state index contributed by atoms with van der Waals surface area (Å²) in [6.07, 6.45) is 7.77. The number of terminal acetylenes is 1. The molecule has 0 aromatic carbocycles. The molecule has 72 valence electrons. The van der Waals surface area contributed by atoms with E-state index < -0.39 is 0 Å². The second kappa shape index (κ2) is 4.88. The zero-order chi connectivity index (χ0) is 9.68. The van der Waals surface area contributed by atoms with Crippen molar-refractivity contribution in [2.24, 2.45) is 0 Å². The minimum absolute atomic E-state index is 0.0303. The third-order valence-corrected chi connectivity index (χ3v) is 2.32. The van der Waals surface area contributed by atoms with Gasteiger partial charge in [-0.1, -0.05) is 0 Å². The molecule has 1 N–H and O–H groups in total. The van der Waals surface area contributed by atoms with Gasteiger partial charge in [-0.3, -0.25) is 4.79 Å². The summed E-state index contributed by atoms with van der Waals surface area (Å²) in [5.74, 6) is 2.79. The molecule has 1 heterocycles. The molecule has 0 aliphatic carbocycles. The van der Waals surface area contributed by atoms with Crippen molar-refractivity contribution in [1.82, 2.24) is 10.2 Å². The molecule has 0 bridgehead atoms. The number of carbonyl (C=O) groups excluding carboxylic acids is 1. The molecule has 0 saturated carbocycles. The third-order valence-electron chi connectivity index (χ3n) is 2.32. The van der Waals surface area contributed by atoms with Gasteiger partial charge in [-0.25, -0.2) is 0 Å². The van der Waals surface area contributed by atoms with E-state index in [0.29, 0.717) is 0 Å². The molecule has 1 unspecified atom stereocenters. The number of amides is 1. The molecule has 0 radical (unpaired) electrons. The normalized spacial score (nSPS) is 22.0. The Morgan fingerprint density at radius 3 is 3.08 bits per heavy atom. The highest BCUT2D eigenvalue weighted by molar-refractivity contribution is 5.83. The third kappa shape index (κ3) is 2.74. The van der Waals surface area contributed by atoms with Gasteiger partial charge in [0.05, 0.1) is 6.04 Å². The topological polar surface area (TPSA) is 32.3 Å². The first-order chi connectivity index (χ1) is 6.25. The van der Waals surface area contributed by atoms with E-state index in [1.807, 2.05) is 7.05 Å². The van der Waals surface area contributed by atoms with Gasteiger partial charge in [0.15, 0.2) is 0 Å². The number of nitrogens with one attached hydrogen (secondary N) is 1. The molecule has 1 fully saturated rings. The van der Waals surface area contributed by atoms with E-state index in [2.05, 4.69) is 11.2 Å². The SMILES string of the molecule is C#CCCCNC1CCN(C)C1=O. The van der Waals surface area contributed by atoms with Gasteiger partial charge in [-0.2, -0.15) is 0 Å². The number of hydrogen-bond acceptors (Lipinski definition) is 2. The van der Waals surface area contributed by atoms with Gasteiger partial charge in [0.1, 0.15) is 0 Å². The van der Waals surface area contributed by atoms with Crippen molar-refractivity contribution < 1.29 is 4.79 Å². The van der Waals surface area contributed by atoms with E-state index in [-0.39, 0.29) is 11.9 Å². The molecule has 1 amide bonds. The largest absolute Gasteiger partial charge is 0.344 e. The van der Waals surface area contributed by atoms with E-state index in [0.717, 1.165) is 32.4 Å². The Hall–Kier alpha value is -1.01. The van der Waals surface area contributed by atoms with Crippen LogP contribution in [0.2, 0.25) is 0 Å². The van der Waals surface area contributed by atoms with Crippen LogP contribution in [0, 0.1) is 12.3 Å². The standard InChI is InChI=1S/C10H16N2O/c1-3-4-5-7-11-9-6-8-12(2)10(9)13/h1,9,11H,4-8H2,2H3. The Bertz CT molecular complexity index is 219. The monoisotopic (exact) mass is 180 g/mol. The first-order valence-electron chi connectivity index (χ1n) is 4.67. The highest BCUT2D eigenvalue weighted by atomic mass is 16.2. The summed E-state index contributed by atoms with van der Waals surface area (Å²) in [5, 5.41) is 3.21. The summed E-state index contributed by atoms with van der Waals surface area (Å²) >= 11 is 0. The molecule has 13 heavy (non-hydrogen) atoms. The lowest BCUT2D eigenvalue weighted by Crippen LogP contribution is -2.37. The van der Waals surface area contributed by atoms with Crippen LogP contribution in [0.4, 0.5) is 0 Å². The fraction of sp³-hybridized carbons (Fsp3) is 0.700.